The van der Waals surface area contributed by atoms with Gasteiger partial charge in [0.1, 0.15) is 5.75 Å². The first-order valence-corrected chi connectivity index (χ1v) is 8.90. The van der Waals surface area contributed by atoms with Gasteiger partial charge in [0, 0.05) is 44.0 Å². The van der Waals surface area contributed by atoms with Gasteiger partial charge in [-0.05, 0) is 28.8 Å². The summed E-state index contributed by atoms with van der Waals surface area (Å²) in [5, 5.41) is 7.29. The molecule has 6 nitrogen and oxygen atoms in total. The smallest absolute Gasteiger partial charge is 0.322 e. The Bertz CT molecular complexity index is 966. The zero-order valence-electron chi connectivity index (χ0n) is 15.4. The van der Waals surface area contributed by atoms with Crippen LogP contribution >= 0.6 is 0 Å². The van der Waals surface area contributed by atoms with Gasteiger partial charge in [-0.3, -0.25) is 4.68 Å². The lowest BCUT2D eigenvalue weighted by Crippen LogP contribution is -2.41. The van der Waals surface area contributed by atoms with Crippen molar-refractivity contribution in [1.82, 2.24) is 14.7 Å². The molecule has 0 bridgehead atoms. The SMILES string of the molecule is COc1cccc(NC(=O)N2Cc3ccccc3C(c3cnn(C)c3)C2)c1. The minimum Gasteiger partial charge on any atom is -0.497 e. The third-order valence-electron chi connectivity index (χ3n) is 4.93. The van der Waals surface area contributed by atoms with Crippen LogP contribution in [0.2, 0.25) is 0 Å². The van der Waals surface area contributed by atoms with Crippen LogP contribution in [0.3, 0.4) is 0 Å². The summed E-state index contributed by atoms with van der Waals surface area (Å²) in [4.78, 5) is 14.8. The predicted molar refractivity (Wildman–Crippen MR) is 104 cm³/mol. The first kappa shape index (κ1) is 17.1. The van der Waals surface area contributed by atoms with Crippen LogP contribution in [-0.2, 0) is 13.6 Å². The van der Waals surface area contributed by atoms with Gasteiger partial charge in [0.15, 0.2) is 0 Å². The fraction of sp³-hybridized carbons (Fsp3) is 0.238. The van der Waals surface area contributed by atoms with Gasteiger partial charge in [-0.2, -0.15) is 5.10 Å². The van der Waals surface area contributed by atoms with Crippen LogP contribution in [0.15, 0.2) is 60.9 Å². The normalized spacial score (nSPS) is 15.9. The molecular formula is C21H22N4O2. The van der Waals surface area contributed by atoms with E-state index in [9.17, 15) is 4.79 Å². The molecule has 6 heteroatoms. The second-order valence-corrected chi connectivity index (χ2v) is 6.74. The Morgan fingerprint density at radius 1 is 1.22 bits per heavy atom. The molecule has 4 rings (SSSR count). The lowest BCUT2D eigenvalue weighted by molar-refractivity contribution is 0.203. The number of carbonyl (C=O) groups is 1. The number of benzene rings is 2. The Kier molecular flexibility index (Phi) is 4.54. The molecule has 2 amide bonds. The summed E-state index contributed by atoms with van der Waals surface area (Å²) in [5.41, 5.74) is 4.26. The Labute approximate surface area is 158 Å². The van der Waals surface area contributed by atoms with Crippen molar-refractivity contribution in [2.45, 2.75) is 12.5 Å². The van der Waals surface area contributed by atoms with Crippen molar-refractivity contribution in [2.24, 2.45) is 7.05 Å². The first-order valence-electron chi connectivity index (χ1n) is 8.90. The zero-order valence-corrected chi connectivity index (χ0v) is 15.4. The number of hydrogen-bond acceptors (Lipinski definition) is 3. The molecule has 3 aromatic rings. The van der Waals surface area contributed by atoms with Gasteiger partial charge in [0.2, 0.25) is 0 Å². The molecule has 27 heavy (non-hydrogen) atoms. The maximum Gasteiger partial charge on any atom is 0.322 e. The predicted octanol–water partition coefficient (Wildman–Crippen LogP) is 3.61. The first-order chi connectivity index (χ1) is 13.1. The number of hydrogen-bond donors (Lipinski definition) is 1. The number of aryl methyl sites for hydroxylation is 1. The van der Waals surface area contributed by atoms with Gasteiger partial charge in [-0.1, -0.05) is 30.3 Å². The molecule has 1 aliphatic heterocycles. The van der Waals surface area contributed by atoms with E-state index in [1.165, 1.54) is 11.1 Å². The van der Waals surface area contributed by atoms with E-state index in [0.29, 0.717) is 18.8 Å². The van der Waals surface area contributed by atoms with Gasteiger partial charge in [-0.15, -0.1) is 0 Å². The number of anilines is 1. The number of amides is 2. The van der Waals surface area contributed by atoms with Crippen LogP contribution in [0.5, 0.6) is 5.75 Å². The summed E-state index contributed by atoms with van der Waals surface area (Å²) in [7, 11) is 3.52. The van der Waals surface area contributed by atoms with Crippen molar-refractivity contribution in [2.75, 3.05) is 19.0 Å². The highest BCUT2D eigenvalue weighted by atomic mass is 16.5. The molecule has 1 atom stereocenters. The Hall–Kier alpha value is -3.28. The molecule has 1 aromatic heterocycles. The van der Waals surface area contributed by atoms with E-state index in [0.717, 1.165) is 11.3 Å². The van der Waals surface area contributed by atoms with E-state index < -0.39 is 0 Å². The highest BCUT2D eigenvalue weighted by Crippen LogP contribution is 2.33. The van der Waals surface area contributed by atoms with Gasteiger partial charge in [0.25, 0.3) is 0 Å². The standard InChI is InChI=1S/C21H22N4O2/c1-24-12-16(11-22-24)20-14-25(13-15-6-3-4-9-19(15)20)21(26)23-17-7-5-8-18(10-17)27-2/h3-12,20H,13-14H2,1-2H3,(H,23,26). The van der Waals surface area contributed by atoms with Crippen molar-refractivity contribution >= 4 is 11.7 Å². The van der Waals surface area contributed by atoms with Crippen molar-refractivity contribution in [1.29, 1.82) is 0 Å². The van der Waals surface area contributed by atoms with Crippen molar-refractivity contribution in [3.8, 4) is 5.75 Å². The minimum atomic E-state index is -0.119. The highest BCUT2D eigenvalue weighted by molar-refractivity contribution is 5.89. The largest absolute Gasteiger partial charge is 0.497 e. The molecule has 0 aliphatic carbocycles. The molecule has 2 aromatic carbocycles. The maximum atomic E-state index is 12.9. The van der Waals surface area contributed by atoms with Crippen molar-refractivity contribution in [3.05, 3.63) is 77.6 Å². The van der Waals surface area contributed by atoms with E-state index in [2.05, 4.69) is 22.5 Å². The van der Waals surface area contributed by atoms with Crippen LogP contribution in [0.4, 0.5) is 10.5 Å². The second kappa shape index (κ2) is 7.15. The average Bonchev–Trinajstić information content (AvgIpc) is 3.13. The number of methoxy groups -OCH3 is 1. The maximum absolute atomic E-state index is 12.9. The molecule has 2 heterocycles. The third-order valence-corrected chi connectivity index (χ3v) is 4.93. The van der Waals surface area contributed by atoms with Gasteiger partial charge >= 0.3 is 6.03 Å². The molecular weight excluding hydrogens is 340 g/mol. The highest BCUT2D eigenvalue weighted by Gasteiger charge is 2.29. The lowest BCUT2D eigenvalue weighted by Gasteiger charge is -2.34. The molecule has 0 radical (unpaired) electrons. The number of ether oxygens (including phenoxy) is 1. The monoisotopic (exact) mass is 362 g/mol. The molecule has 0 spiro atoms. The van der Waals surface area contributed by atoms with Crippen LogP contribution in [0.25, 0.3) is 0 Å². The summed E-state index contributed by atoms with van der Waals surface area (Å²) in [6, 6.07) is 15.6. The number of aromatic nitrogens is 2. The number of urea groups is 1. The topological polar surface area (TPSA) is 59.4 Å². The van der Waals surface area contributed by atoms with Gasteiger partial charge in [-0.25, -0.2) is 4.79 Å². The van der Waals surface area contributed by atoms with Crippen LogP contribution in [-0.4, -0.2) is 34.4 Å². The Morgan fingerprint density at radius 2 is 2.07 bits per heavy atom. The van der Waals surface area contributed by atoms with E-state index in [1.807, 2.05) is 60.7 Å². The van der Waals surface area contributed by atoms with Crippen molar-refractivity contribution < 1.29 is 9.53 Å². The molecule has 1 aliphatic rings. The molecule has 1 unspecified atom stereocenters. The van der Waals surface area contributed by atoms with Crippen LogP contribution in [0, 0.1) is 0 Å². The Morgan fingerprint density at radius 3 is 2.85 bits per heavy atom. The number of nitrogens with zero attached hydrogens (tertiary/aromatic N) is 3. The van der Waals surface area contributed by atoms with E-state index in [-0.39, 0.29) is 11.9 Å². The van der Waals surface area contributed by atoms with Gasteiger partial charge < -0.3 is 15.0 Å². The molecule has 0 fully saturated rings. The summed E-state index contributed by atoms with van der Waals surface area (Å²) in [6.45, 7) is 1.20. The fourth-order valence-corrected chi connectivity index (χ4v) is 3.57. The fourth-order valence-electron chi connectivity index (χ4n) is 3.57. The average molecular weight is 362 g/mol. The number of fused-ring (bicyclic) bond motifs is 1. The lowest BCUT2D eigenvalue weighted by atomic mass is 9.86. The summed E-state index contributed by atoms with van der Waals surface area (Å²) < 4.78 is 7.03. The summed E-state index contributed by atoms with van der Waals surface area (Å²) >= 11 is 0. The van der Waals surface area contributed by atoms with Crippen molar-refractivity contribution in [3.63, 3.8) is 0 Å². The van der Waals surface area contributed by atoms with Crippen LogP contribution in [0.1, 0.15) is 22.6 Å². The third kappa shape index (κ3) is 3.51. The zero-order chi connectivity index (χ0) is 18.8. The number of rotatable bonds is 3. The van der Waals surface area contributed by atoms with Crippen LogP contribution < -0.4 is 10.1 Å². The Balaban J connectivity index is 1.59. The number of nitrogens with one attached hydrogen (secondary N) is 1. The second-order valence-electron chi connectivity index (χ2n) is 6.74. The minimum absolute atomic E-state index is 0.111. The molecule has 1 N–H and O–H groups in total. The van der Waals surface area contributed by atoms with E-state index in [1.54, 1.807) is 11.8 Å². The molecule has 138 valence electrons. The van der Waals surface area contributed by atoms with E-state index in [4.69, 9.17) is 4.74 Å². The summed E-state index contributed by atoms with van der Waals surface area (Å²) in [5.74, 6) is 0.824. The summed E-state index contributed by atoms with van der Waals surface area (Å²) in [6.07, 6.45) is 3.90. The molecule has 0 saturated carbocycles. The molecule has 0 saturated heterocycles. The van der Waals surface area contributed by atoms with Gasteiger partial charge in [0.05, 0.1) is 13.3 Å². The number of carbonyl (C=O) groups excluding carboxylic acids is 1. The quantitative estimate of drug-likeness (QED) is 0.774. The van der Waals surface area contributed by atoms with E-state index >= 15 is 0 Å².